The molecule has 292 valence electrons. The summed E-state index contributed by atoms with van der Waals surface area (Å²) in [5.41, 5.74) is 22.3. The first-order chi connectivity index (χ1) is 30.0. The van der Waals surface area contributed by atoms with Crippen LogP contribution in [0.1, 0.15) is 61.8 Å². The van der Waals surface area contributed by atoms with E-state index in [9.17, 15) is 0 Å². The number of nitrogens with zero attached hydrogens (tertiary/aromatic N) is 1. The van der Waals surface area contributed by atoms with Crippen molar-refractivity contribution in [3.05, 3.63) is 222 Å². The van der Waals surface area contributed by atoms with Crippen LogP contribution in [0.25, 0.3) is 66.4 Å². The molecule has 1 nitrogen and oxygen atoms in total. The smallest absolute Gasteiger partial charge is 0.0540 e. The van der Waals surface area contributed by atoms with Gasteiger partial charge in [-0.3, -0.25) is 0 Å². The fourth-order valence-corrected chi connectivity index (χ4v) is 11.7. The van der Waals surface area contributed by atoms with Gasteiger partial charge in [-0.1, -0.05) is 197 Å². The monoisotopic (exact) mass is 781 g/mol. The SMILES string of the molecule is CC1(C)c2ccccc2-c2cccc(-c3ccccc3-c3ccc(N(c4ccc5c(c4)C4(CCCC4)c4ccccc4-5)c4ccccc4-c4cccc5ccccc45)cc3)c21. The van der Waals surface area contributed by atoms with Crippen molar-refractivity contribution < 1.29 is 0 Å². The Morgan fingerprint density at radius 1 is 0.377 bits per heavy atom. The first-order valence-corrected chi connectivity index (χ1v) is 22.1. The third kappa shape index (κ3) is 5.39. The number of benzene rings is 9. The van der Waals surface area contributed by atoms with Gasteiger partial charge >= 0.3 is 0 Å². The number of hydrogen-bond acceptors (Lipinski definition) is 1. The van der Waals surface area contributed by atoms with Gasteiger partial charge in [-0.15, -0.1) is 0 Å². The minimum atomic E-state index is -0.105. The van der Waals surface area contributed by atoms with Crippen LogP contribution in [0.3, 0.4) is 0 Å². The second-order valence-electron chi connectivity index (χ2n) is 17.9. The van der Waals surface area contributed by atoms with E-state index in [0.717, 1.165) is 5.69 Å². The first-order valence-electron chi connectivity index (χ1n) is 22.1. The zero-order chi connectivity index (χ0) is 40.7. The maximum atomic E-state index is 2.54. The van der Waals surface area contributed by atoms with Crippen molar-refractivity contribution >= 4 is 27.8 Å². The molecule has 0 aliphatic heterocycles. The van der Waals surface area contributed by atoms with E-state index in [-0.39, 0.29) is 10.8 Å². The molecule has 0 unspecified atom stereocenters. The standard InChI is InChI=1S/C60H47N/c1-59(2)54-28-10-7-23-49(54)53-27-16-26-52(58(53)59)47-21-6-5-20-45(47)41-31-33-42(34-32-41)61(57-30-12-9-24-51(57)46-25-15-18-40-17-3-4-19-44(40)46)43-35-36-50-48-22-8-11-29-55(48)60(56(50)39-43)37-13-14-38-60/h3-12,15-36,39H,13-14,37-38H2,1-2H3. The normalized spacial score (nSPS) is 15.0. The second-order valence-corrected chi connectivity index (χ2v) is 17.9. The fraction of sp³-hybridized carbons (Fsp3) is 0.133. The van der Waals surface area contributed by atoms with Gasteiger partial charge in [0.15, 0.2) is 0 Å². The minimum absolute atomic E-state index is 0.0733. The number of hydrogen-bond donors (Lipinski definition) is 0. The summed E-state index contributed by atoms with van der Waals surface area (Å²) in [6.45, 7) is 4.77. The number of fused-ring (bicyclic) bond motifs is 9. The van der Waals surface area contributed by atoms with Gasteiger partial charge in [0.2, 0.25) is 0 Å². The van der Waals surface area contributed by atoms with E-state index in [0.29, 0.717) is 0 Å². The van der Waals surface area contributed by atoms with Gasteiger partial charge in [0.1, 0.15) is 0 Å². The van der Waals surface area contributed by atoms with E-state index in [4.69, 9.17) is 0 Å². The lowest BCUT2D eigenvalue weighted by Gasteiger charge is -2.31. The van der Waals surface area contributed by atoms with Crippen LogP contribution in [0.2, 0.25) is 0 Å². The predicted molar refractivity (Wildman–Crippen MR) is 257 cm³/mol. The molecule has 0 amide bonds. The summed E-state index contributed by atoms with van der Waals surface area (Å²) in [6, 6.07) is 75.1. The third-order valence-corrected chi connectivity index (χ3v) is 14.4. The van der Waals surface area contributed by atoms with Crippen molar-refractivity contribution in [2.75, 3.05) is 4.90 Å². The Labute approximate surface area is 359 Å². The third-order valence-electron chi connectivity index (χ3n) is 14.4. The summed E-state index contributed by atoms with van der Waals surface area (Å²) in [6.07, 6.45) is 4.94. The van der Waals surface area contributed by atoms with Crippen molar-refractivity contribution in [1.29, 1.82) is 0 Å². The lowest BCUT2D eigenvalue weighted by Crippen LogP contribution is -2.21. The minimum Gasteiger partial charge on any atom is -0.310 e. The quantitative estimate of drug-likeness (QED) is 0.162. The molecule has 0 heterocycles. The van der Waals surface area contributed by atoms with Crippen LogP contribution in [-0.2, 0) is 10.8 Å². The molecule has 3 aliphatic rings. The molecule has 1 heteroatoms. The van der Waals surface area contributed by atoms with Crippen molar-refractivity contribution in [2.24, 2.45) is 0 Å². The maximum Gasteiger partial charge on any atom is 0.0540 e. The molecule has 0 bridgehead atoms. The van der Waals surface area contributed by atoms with Gasteiger partial charge in [-0.05, 0) is 126 Å². The van der Waals surface area contributed by atoms with Gasteiger partial charge in [-0.2, -0.15) is 0 Å². The Kier molecular flexibility index (Phi) is 8.13. The highest BCUT2D eigenvalue weighted by Gasteiger charge is 2.45. The Bertz CT molecular complexity index is 3170. The van der Waals surface area contributed by atoms with E-state index in [1.54, 1.807) is 0 Å². The zero-order valence-corrected chi connectivity index (χ0v) is 34.8. The Morgan fingerprint density at radius 2 is 0.902 bits per heavy atom. The lowest BCUT2D eigenvalue weighted by atomic mass is 9.76. The molecule has 1 fully saturated rings. The molecule has 0 saturated heterocycles. The summed E-state index contributed by atoms with van der Waals surface area (Å²) >= 11 is 0. The second kappa shape index (κ2) is 13.8. The van der Waals surface area contributed by atoms with E-state index < -0.39 is 0 Å². The van der Waals surface area contributed by atoms with Gasteiger partial charge < -0.3 is 4.90 Å². The molecular weight excluding hydrogens is 735 g/mol. The van der Waals surface area contributed by atoms with E-state index in [1.165, 1.54) is 126 Å². The molecule has 1 saturated carbocycles. The molecule has 0 N–H and O–H groups in total. The molecule has 9 aromatic rings. The highest BCUT2D eigenvalue weighted by atomic mass is 15.1. The molecule has 3 aliphatic carbocycles. The van der Waals surface area contributed by atoms with Crippen LogP contribution in [0.15, 0.2) is 200 Å². The summed E-state index contributed by atoms with van der Waals surface area (Å²) in [5, 5.41) is 2.51. The highest BCUT2D eigenvalue weighted by molar-refractivity contribution is 6.02. The van der Waals surface area contributed by atoms with Crippen molar-refractivity contribution in [2.45, 2.75) is 50.4 Å². The van der Waals surface area contributed by atoms with E-state index >= 15 is 0 Å². The summed E-state index contributed by atoms with van der Waals surface area (Å²) in [4.78, 5) is 2.52. The number of rotatable bonds is 6. The predicted octanol–water partition coefficient (Wildman–Crippen LogP) is 16.5. The van der Waals surface area contributed by atoms with Gasteiger partial charge in [0.05, 0.1) is 5.69 Å². The van der Waals surface area contributed by atoms with Crippen LogP contribution in [0.5, 0.6) is 0 Å². The van der Waals surface area contributed by atoms with Crippen molar-refractivity contribution in [3.8, 4) is 55.6 Å². The number of anilines is 3. The van der Waals surface area contributed by atoms with E-state index in [1.807, 2.05) is 0 Å². The van der Waals surface area contributed by atoms with Gasteiger partial charge in [0, 0.05) is 27.8 Å². The maximum absolute atomic E-state index is 2.54. The average molecular weight is 782 g/mol. The average Bonchev–Trinajstić information content (AvgIpc) is 3.99. The molecule has 0 aromatic heterocycles. The molecule has 9 aromatic carbocycles. The van der Waals surface area contributed by atoms with Crippen LogP contribution >= 0.6 is 0 Å². The molecule has 12 rings (SSSR count). The summed E-state index contributed by atoms with van der Waals surface area (Å²) in [7, 11) is 0. The fourth-order valence-electron chi connectivity index (χ4n) is 11.7. The first kappa shape index (κ1) is 35.9. The summed E-state index contributed by atoms with van der Waals surface area (Å²) < 4.78 is 0. The molecular formula is C60H47N. The number of para-hydroxylation sites is 1. The van der Waals surface area contributed by atoms with Gasteiger partial charge in [0.25, 0.3) is 0 Å². The van der Waals surface area contributed by atoms with E-state index in [2.05, 4.69) is 219 Å². The van der Waals surface area contributed by atoms with Crippen LogP contribution in [0, 0.1) is 0 Å². The van der Waals surface area contributed by atoms with Gasteiger partial charge in [-0.25, -0.2) is 0 Å². The van der Waals surface area contributed by atoms with Crippen LogP contribution < -0.4 is 4.90 Å². The Balaban J connectivity index is 1.02. The lowest BCUT2D eigenvalue weighted by molar-refractivity contribution is 0.550. The Hall–Kier alpha value is -6.96. The molecule has 0 radical (unpaired) electrons. The van der Waals surface area contributed by atoms with Crippen LogP contribution in [0.4, 0.5) is 17.1 Å². The highest BCUT2D eigenvalue weighted by Crippen LogP contribution is 2.58. The van der Waals surface area contributed by atoms with Crippen LogP contribution in [-0.4, -0.2) is 0 Å². The largest absolute Gasteiger partial charge is 0.310 e. The topological polar surface area (TPSA) is 3.24 Å². The molecule has 0 atom stereocenters. The van der Waals surface area contributed by atoms with Crippen molar-refractivity contribution in [1.82, 2.24) is 0 Å². The summed E-state index contributed by atoms with van der Waals surface area (Å²) in [5.74, 6) is 0. The molecule has 1 spiro atoms. The Morgan fingerprint density at radius 3 is 1.69 bits per heavy atom. The van der Waals surface area contributed by atoms with Crippen molar-refractivity contribution in [3.63, 3.8) is 0 Å². The molecule has 61 heavy (non-hydrogen) atoms. The zero-order valence-electron chi connectivity index (χ0n) is 34.8.